The molecule has 0 heterocycles. The zero-order valence-electron chi connectivity index (χ0n) is 18.8. The van der Waals surface area contributed by atoms with Gasteiger partial charge in [-0.05, 0) is 67.6 Å². The Morgan fingerprint density at radius 2 is 1.49 bits per heavy atom. The average molecular weight is 498 g/mol. The first kappa shape index (κ1) is 25.2. The number of amides is 2. The largest absolute Gasteiger partial charge is 0.495 e. The molecule has 3 rings (SSSR count). The van der Waals surface area contributed by atoms with E-state index in [2.05, 4.69) is 10.0 Å². The molecular formula is C24H23N3O7S. The third-order valence-electron chi connectivity index (χ3n) is 4.84. The van der Waals surface area contributed by atoms with Gasteiger partial charge in [0.25, 0.3) is 15.9 Å². The van der Waals surface area contributed by atoms with Crippen LogP contribution in [0.15, 0.2) is 77.7 Å². The molecule has 4 N–H and O–H groups in total. The van der Waals surface area contributed by atoms with Crippen molar-refractivity contribution >= 4 is 39.2 Å². The number of methoxy groups -OCH3 is 1. The molecule has 10 nitrogen and oxygen atoms in total. The van der Waals surface area contributed by atoms with E-state index in [1.165, 1.54) is 62.6 Å². The molecule has 0 radical (unpaired) electrons. The molecule has 35 heavy (non-hydrogen) atoms. The summed E-state index contributed by atoms with van der Waals surface area (Å²) in [5.41, 5.74) is 6.18. The quantitative estimate of drug-likeness (QED) is 0.384. The van der Waals surface area contributed by atoms with Crippen molar-refractivity contribution in [2.24, 2.45) is 5.73 Å². The van der Waals surface area contributed by atoms with E-state index in [9.17, 15) is 22.8 Å². The summed E-state index contributed by atoms with van der Waals surface area (Å²) in [5, 5.41) is 2.56. The zero-order valence-corrected chi connectivity index (χ0v) is 19.7. The van der Waals surface area contributed by atoms with Crippen LogP contribution in [0.25, 0.3) is 0 Å². The second kappa shape index (κ2) is 10.7. The van der Waals surface area contributed by atoms with Crippen LogP contribution in [-0.4, -0.2) is 39.4 Å². The summed E-state index contributed by atoms with van der Waals surface area (Å²) in [5.74, 6) is -1.64. The van der Waals surface area contributed by atoms with Crippen LogP contribution in [0.1, 0.15) is 27.6 Å². The topological polar surface area (TPSA) is 154 Å². The zero-order chi connectivity index (χ0) is 25.6. The van der Waals surface area contributed by atoms with E-state index in [0.717, 1.165) is 0 Å². The third kappa shape index (κ3) is 6.36. The van der Waals surface area contributed by atoms with E-state index < -0.39 is 33.9 Å². The van der Waals surface area contributed by atoms with E-state index in [-0.39, 0.29) is 21.7 Å². The Kier molecular flexibility index (Phi) is 7.72. The lowest BCUT2D eigenvalue weighted by Gasteiger charge is -2.14. The number of benzene rings is 3. The average Bonchev–Trinajstić information content (AvgIpc) is 2.84. The number of primary amides is 1. The number of rotatable bonds is 9. The highest BCUT2D eigenvalue weighted by Crippen LogP contribution is 2.26. The number of ether oxygens (including phenoxy) is 2. The summed E-state index contributed by atoms with van der Waals surface area (Å²) in [6.45, 7) is 1.39. The highest BCUT2D eigenvalue weighted by Gasteiger charge is 2.21. The Morgan fingerprint density at radius 3 is 2.09 bits per heavy atom. The maximum absolute atomic E-state index is 12.7. The van der Waals surface area contributed by atoms with Gasteiger partial charge in [-0.25, -0.2) is 13.2 Å². The van der Waals surface area contributed by atoms with Crippen LogP contribution in [-0.2, 0) is 19.6 Å². The predicted octanol–water partition coefficient (Wildman–Crippen LogP) is 2.78. The van der Waals surface area contributed by atoms with Crippen molar-refractivity contribution in [2.75, 3.05) is 17.1 Å². The van der Waals surface area contributed by atoms with Gasteiger partial charge in [0.05, 0.1) is 23.3 Å². The number of esters is 1. The minimum Gasteiger partial charge on any atom is -0.495 e. The highest BCUT2D eigenvalue weighted by molar-refractivity contribution is 7.92. The predicted molar refractivity (Wildman–Crippen MR) is 129 cm³/mol. The van der Waals surface area contributed by atoms with Crippen molar-refractivity contribution in [1.82, 2.24) is 0 Å². The molecule has 0 aromatic heterocycles. The Balaban J connectivity index is 1.62. The molecule has 0 aliphatic carbocycles. The van der Waals surface area contributed by atoms with Gasteiger partial charge in [-0.1, -0.05) is 12.1 Å². The summed E-state index contributed by atoms with van der Waals surface area (Å²) < 4.78 is 38.1. The number of carbonyl (C=O) groups is 3. The van der Waals surface area contributed by atoms with Gasteiger partial charge >= 0.3 is 5.97 Å². The number of carbonyl (C=O) groups excluding carboxylic acids is 3. The van der Waals surface area contributed by atoms with E-state index in [1.54, 1.807) is 24.3 Å². The molecule has 0 fully saturated rings. The lowest BCUT2D eigenvalue weighted by molar-refractivity contribution is -0.123. The van der Waals surface area contributed by atoms with Crippen molar-refractivity contribution in [2.45, 2.75) is 17.9 Å². The number of anilines is 2. The van der Waals surface area contributed by atoms with Gasteiger partial charge in [-0.2, -0.15) is 0 Å². The summed E-state index contributed by atoms with van der Waals surface area (Å²) in [7, 11) is -2.52. The molecule has 182 valence electrons. The van der Waals surface area contributed by atoms with Gasteiger partial charge in [0.1, 0.15) is 5.75 Å². The smallest absolute Gasteiger partial charge is 0.338 e. The van der Waals surface area contributed by atoms with E-state index in [0.29, 0.717) is 11.4 Å². The van der Waals surface area contributed by atoms with Gasteiger partial charge < -0.3 is 20.5 Å². The van der Waals surface area contributed by atoms with E-state index in [1.807, 2.05) is 0 Å². The Morgan fingerprint density at radius 1 is 0.886 bits per heavy atom. The monoisotopic (exact) mass is 497 g/mol. The molecule has 2 amide bonds. The van der Waals surface area contributed by atoms with Crippen LogP contribution in [0.3, 0.4) is 0 Å². The van der Waals surface area contributed by atoms with Crippen molar-refractivity contribution < 1.29 is 32.3 Å². The minimum atomic E-state index is -3.94. The van der Waals surface area contributed by atoms with Gasteiger partial charge in [-0.3, -0.25) is 14.3 Å². The molecule has 0 unspecified atom stereocenters. The van der Waals surface area contributed by atoms with Crippen LogP contribution in [0.2, 0.25) is 0 Å². The molecule has 0 aliphatic rings. The molecule has 0 bridgehead atoms. The molecule has 1 atom stereocenters. The number of nitrogens with two attached hydrogens (primary N) is 1. The highest BCUT2D eigenvalue weighted by atomic mass is 32.2. The Labute approximate surface area is 202 Å². The molecule has 11 heteroatoms. The van der Waals surface area contributed by atoms with Crippen LogP contribution in [0.5, 0.6) is 5.75 Å². The van der Waals surface area contributed by atoms with Crippen molar-refractivity contribution in [3.8, 4) is 5.75 Å². The second-order valence-electron chi connectivity index (χ2n) is 7.31. The molecular weight excluding hydrogens is 474 g/mol. The van der Waals surface area contributed by atoms with Crippen molar-refractivity contribution in [1.29, 1.82) is 0 Å². The lowest BCUT2D eigenvalue weighted by atomic mass is 10.2. The lowest BCUT2D eigenvalue weighted by Crippen LogP contribution is -2.30. The fraction of sp³-hybridized carbons (Fsp3) is 0.125. The third-order valence-corrected chi connectivity index (χ3v) is 6.22. The summed E-state index contributed by atoms with van der Waals surface area (Å²) in [6, 6.07) is 17.5. The second-order valence-corrected chi connectivity index (χ2v) is 8.99. The molecule has 3 aromatic rings. The van der Waals surface area contributed by atoms with Gasteiger partial charge in [-0.15, -0.1) is 0 Å². The van der Waals surface area contributed by atoms with Gasteiger partial charge in [0.2, 0.25) is 5.91 Å². The first-order valence-corrected chi connectivity index (χ1v) is 11.8. The summed E-state index contributed by atoms with van der Waals surface area (Å²) in [4.78, 5) is 35.8. The number of hydrogen-bond acceptors (Lipinski definition) is 7. The first-order valence-electron chi connectivity index (χ1n) is 10.3. The number of para-hydroxylation sites is 2. The van der Waals surface area contributed by atoms with Crippen LogP contribution >= 0.6 is 0 Å². The summed E-state index contributed by atoms with van der Waals surface area (Å²) >= 11 is 0. The SMILES string of the molecule is COc1ccccc1NS(=O)(=O)c1ccc(C(=O)O[C@@H](C)C(=O)Nc2ccc(C(N)=O)cc2)cc1. The molecule has 3 aromatic carbocycles. The maximum Gasteiger partial charge on any atom is 0.338 e. The van der Waals surface area contributed by atoms with Crippen LogP contribution < -0.4 is 20.5 Å². The fourth-order valence-corrected chi connectivity index (χ4v) is 4.02. The molecule has 0 spiro atoms. The van der Waals surface area contributed by atoms with E-state index >= 15 is 0 Å². The number of hydrogen-bond donors (Lipinski definition) is 3. The standard InChI is InChI=1S/C24H23N3O7S/c1-15(23(29)26-18-11-7-16(8-12-18)22(25)28)34-24(30)17-9-13-19(14-10-17)35(31,32)27-20-5-3-4-6-21(20)33-2/h3-15,27H,1-2H3,(H2,25,28)(H,26,29)/t15-/m0/s1. The molecule has 0 saturated carbocycles. The first-order chi connectivity index (χ1) is 16.6. The molecule has 0 aliphatic heterocycles. The Hall–Kier alpha value is -4.38. The van der Waals surface area contributed by atoms with E-state index in [4.69, 9.17) is 15.2 Å². The minimum absolute atomic E-state index is 0.0618. The normalized spacial score (nSPS) is 11.7. The van der Waals surface area contributed by atoms with Crippen molar-refractivity contribution in [3.63, 3.8) is 0 Å². The number of sulfonamides is 1. The van der Waals surface area contributed by atoms with Gasteiger partial charge in [0.15, 0.2) is 6.10 Å². The van der Waals surface area contributed by atoms with Crippen molar-refractivity contribution in [3.05, 3.63) is 83.9 Å². The van der Waals surface area contributed by atoms with Crippen LogP contribution in [0.4, 0.5) is 11.4 Å². The molecule has 0 saturated heterocycles. The van der Waals surface area contributed by atoms with Gasteiger partial charge in [0, 0.05) is 11.3 Å². The fourth-order valence-electron chi connectivity index (χ4n) is 2.95. The van der Waals surface area contributed by atoms with Crippen LogP contribution in [0, 0.1) is 0 Å². The maximum atomic E-state index is 12.7. The number of nitrogens with one attached hydrogen (secondary N) is 2. The Bertz CT molecular complexity index is 1340. The summed E-state index contributed by atoms with van der Waals surface area (Å²) in [6.07, 6.45) is -1.14.